The number of H-pyrrole nitrogens is 1. The number of amides is 1. The van der Waals surface area contributed by atoms with E-state index in [4.69, 9.17) is 5.73 Å². The minimum atomic E-state index is -0.0357. The molecule has 2 aromatic rings. The van der Waals surface area contributed by atoms with Gasteiger partial charge in [-0.25, -0.2) is 0 Å². The predicted molar refractivity (Wildman–Crippen MR) is 83.7 cm³/mol. The second-order valence-electron chi connectivity index (χ2n) is 5.65. The van der Waals surface area contributed by atoms with Crippen molar-refractivity contribution in [3.05, 3.63) is 30.0 Å². The highest BCUT2D eigenvalue weighted by molar-refractivity contribution is 6.07. The normalized spacial score (nSPS) is 11.2. The third-order valence-electron chi connectivity index (χ3n) is 3.44. The largest absolute Gasteiger partial charge is 0.399 e. The van der Waals surface area contributed by atoms with Gasteiger partial charge >= 0.3 is 0 Å². The number of unbranched alkanes of at least 4 members (excludes halogenated alkanes) is 1. The molecule has 4 heteroatoms. The number of carbonyl (C=O) groups excluding carboxylic acids is 1. The highest BCUT2D eigenvalue weighted by atomic mass is 16.1. The van der Waals surface area contributed by atoms with Crippen LogP contribution >= 0.6 is 0 Å². The summed E-state index contributed by atoms with van der Waals surface area (Å²) in [7, 11) is 0. The van der Waals surface area contributed by atoms with E-state index in [1.54, 1.807) is 6.20 Å². The van der Waals surface area contributed by atoms with Crippen molar-refractivity contribution in [3.8, 4) is 0 Å². The molecule has 4 N–H and O–H groups in total. The van der Waals surface area contributed by atoms with E-state index < -0.39 is 0 Å². The summed E-state index contributed by atoms with van der Waals surface area (Å²) in [5.41, 5.74) is 8.04. The van der Waals surface area contributed by atoms with Crippen LogP contribution in [0, 0.1) is 5.92 Å². The highest BCUT2D eigenvalue weighted by Gasteiger charge is 2.11. The van der Waals surface area contributed by atoms with E-state index in [0.29, 0.717) is 11.3 Å². The quantitative estimate of drug-likeness (QED) is 0.558. The summed E-state index contributed by atoms with van der Waals surface area (Å²) in [6.45, 7) is 5.16. The maximum absolute atomic E-state index is 12.2. The molecular weight excluding hydrogens is 250 g/mol. The fraction of sp³-hybridized carbons (Fsp3) is 0.438. The van der Waals surface area contributed by atoms with Crippen LogP contribution in [0.5, 0.6) is 0 Å². The molecular formula is C16H23N3O. The number of hydrogen-bond donors (Lipinski definition) is 3. The Kier molecular flexibility index (Phi) is 4.66. The molecule has 0 spiro atoms. The van der Waals surface area contributed by atoms with E-state index in [0.717, 1.165) is 36.2 Å². The fourth-order valence-corrected chi connectivity index (χ4v) is 2.30. The topological polar surface area (TPSA) is 70.9 Å². The molecule has 0 radical (unpaired) electrons. The number of benzene rings is 1. The number of nitrogens with two attached hydrogens (primary N) is 1. The molecule has 1 heterocycles. The van der Waals surface area contributed by atoms with Gasteiger partial charge in [-0.3, -0.25) is 4.79 Å². The van der Waals surface area contributed by atoms with Gasteiger partial charge in [0.2, 0.25) is 0 Å². The highest BCUT2D eigenvalue weighted by Crippen LogP contribution is 2.20. The average molecular weight is 273 g/mol. The van der Waals surface area contributed by atoms with Gasteiger partial charge in [-0.1, -0.05) is 26.7 Å². The molecule has 0 aliphatic carbocycles. The fourth-order valence-electron chi connectivity index (χ4n) is 2.30. The lowest BCUT2D eigenvalue weighted by molar-refractivity contribution is 0.0954. The first kappa shape index (κ1) is 14.4. The molecule has 108 valence electrons. The van der Waals surface area contributed by atoms with Gasteiger partial charge in [-0.05, 0) is 30.5 Å². The van der Waals surface area contributed by atoms with Gasteiger partial charge in [-0.2, -0.15) is 0 Å². The molecule has 4 nitrogen and oxygen atoms in total. The Bertz CT molecular complexity index is 586. The monoisotopic (exact) mass is 273 g/mol. The smallest absolute Gasteiger partial charge is 0.253 e. The summed E-state index contributed by atoms with van der Waals surface area (Å²) in [6, 6.07) is 5.55. The zero-order valence-corrected chi connectivity index (χ0v) is 12.2. The summed E-state index contributed by atoms with van der Waals surface area (Å²) in [5, 5.41) is 3.85. The van der Waals surface area contributed by atoms with Crippen molar-refractivity contribution >= 4 is 22.5 Å². The molecule has 0 fully saturated rings. The number of aromatic nitrogens is 1. The van der Waals surface area contributed by atoms with Crippen LogP contribution in [0.1, 0.15) is 43.5 Å². The van der Waals surface area contributed by atoms with Crippen LogP contribution in [0.25, 0.3) is 10.9 Å². The Balaban J connectivity index is 1.93. The van der Waals surface area contributed by atoms with Crippen molar-refractivity contribution in [2.75, 3.05) is 12.3 Å². The van der Waals surface area contributed by atoms with Crippen molar-refractivity contribution in [3.63, 3.8) is 0 Å². The van der Waals surface area contributed by atoms with E-state index in [2.05, 4.69) is 24.1 Å². The van der Waals surface area contributed by atoms with Crippen LogP contribution < -0.4 is 11.1 Å². The van der Waals surface area contributed by atoms with Gasteiger partial charge in [0, 0.05) is 29.3 Å². The molecule has 1 aromatic heterocycles. The number of nitrogens with one attached hydrogen (secondary N) is 2. The van der Waals surface area contributed by atoms with Crippen LogP contribution in [-0.4, -0.2) is 17.4 Å². The second-order valence-corrected chi connectivity index (χ2v) is 5.65. The number of fused-ring (bicyclic) bond motifs is 1. The Morgan fingerprint density at radius 2 is 2.15 bits per heavy atom. The summed E-state index contributed by atoms with van der Waals surface area (Å²) in [6.07, 6.45) is 5.13. The van der Waals surface area contributed by atoms with Gasteiger partial charge in [-0.15, -0.1) is 0 Å². The lowest BCUT2D eigenvalue weighted by atomic mass is 10.1. The van der Waals surface area contributed by atoms with E-state index >= 15 is 0 Å². The Morgan fingerprint density at radius 1 is 1.35 bits per heavy atom. The van der Waals surface area contributed by atoms with Crippen molar-refractivity contribution in [2.45, 2.75) is 33.1 Å². The van der Waals surface area contributed by atoms with Gasteiger partial charge in [0.25, 0.3) is 5.91 Å². The van der Waals surface area contributed by atoms with Gasteiger partial charge < -0.3 is 16.0 Å². The zero-order valence-electron chi connectivity index (χ0n) is 12.2. The predicted octanol–water partition coefficient (Wildman–Crippen LogP) is 3.31. The number of rotatable bonds is 6. The summed E-state index contributed by atoms with van der Waals surface area (Å²) in [5.74, 6) is 0.689. The summed E-state index contributed by atoms with van der Waals surface area (Å²) in [4.78, 5) is 15.3. The van der Waals surface area contributed by atoms with Crippen molar-refractivity contribution < 1.29 is 4.79 Å². The van der Waals surface area contributed by atoms with Crippen LogP contribution in [0.4, 0.5) is 5.69 Å². The number of hydrogen-bond acceptors (Lipinski definition) is 2. The molecule has 0 saturated carbocycles. The van der Waals surface area contributed by atoms with Crippen LogP contribution in [-0.2, 0) is 0 Å². The maximum atomic E-state index is 12.2. The first-order valence-electron chi connectivity index (χ1n) is 7.22. The Hall–Kier alpha value is -1.97. The lowest BCUT2D eigenvalue weighted by Gasteiger charge is -2.06. The standard InChI is InChI=1S/C16H23N3O/c1-11(2)5-3-4-8-18-16(20)14-10-19-15-7-6-12(17)9-13(14)15/h6-7,9-11,19H,3-5,8,17H2,1-2H3,(H,18,20). The average Bonchev–Trinajstić information content (AvgIpc) is 2.80. The molecule has 1 amide bonds. The van der Waals surface area contributed by atoms with Gasteiger partial charge in [0.05, 0.1) is 5.56 Å². The number of nitrogen functional groups attached to an aromatic ring is 1. The van der Waals surface area contributed by atoms with Crippen molar-refractivity contribution in [1.29, 1.82) is 0 Å². The Labute approximate surface area is 119 Å². The second kappa shape index (κ2) is 6.46. The van der Waals surface area contributed by atoms with E-state index in [9.17, 15) is 4.79 Å². The molecule has 0 bridgehead atoms. The molecule has 0 saturated heterocycles. The lowest BCUT2D eigenvalue weighted by Crippen LogP contribution is -2.24. The third kappa shape index (κ3) is 3.53. The maximum Gasteiger partial charge on any atom is 0.253 e. The van der Waals surface area contributed by atoms with Crippen molar-refractivity contribution in [1.82, 2.24) is 10.3 Å². The first-order chi connectivity index (χ1) is 9.58. The summed E-state index contributed by atoms with van der Waals surface area (Å²) >= 11 is 0. The molecule has 0 unspecified atom stereocenters. The molecule has 0 aliphatic rings. The van der Waals surface area contributed by atoms with Crippen LogP contribution in [0.2, 0.25) is 0 Å². The molecule has 2 rings (SSSR count). The van der Waals surface area contributed by atoms with E-state index in [1.807, 2.05) is 18.2 Å². The van der Waals surface area contributed by atoms with Crippen LogP contribution in [0.3, 0.4) is 0 Å². The van der Waals surface area contributed by atoms with E-state index in [-0.39, 0.29) is 5.91 Å². The minimum absolute atomic E-state index is 0.0357. The Morgan fingerprint density at radius 3 is 2.90 bits per heavy atom. The van der Waals surface area contributed by atoms with Crippen molar-refractivity contribution in [2.24, 2.45) is 5.92 Å². The van der Waals surface area contributed by atoms with E-state index in [1.165, 1.54) is 6.42 Å². The van der Waals surface area contributed by atoms with Gasteiger partial charge in [0.15, 0.2) is 0 Å². The molecule has 0 aliphatic heterocycles. The van der Waals surface area contributed by atoms with Gasteiger partial charge in [0.1, 0.15) is 0 Å². The SMILES string of the molecule is CC(C)CCCCNC(=O)c1c[nH]c2ccc(N)cc12. The number of anilines is 1. The molecule has 1 aromatic carbocycles. The first-order valence-corrected chi connectivity index (χ1v) is 7.22. The molecule has 20 heavy (non-hydrogen) atoms. The van der Waals surface area contributed by atoms with Crippen LogP contribution in [0.15, 0.2) is 24.4 Å². The number of carbonyl (C=O) groups is 1. The molecule has 0 atom stereocenters. The number of aromatic amines is 1. The summed E-state index contributed by atoms with van der Waals surface area (Å²) < 4.78 is 0. The minimum Gasteiger partial charge on any atom is -0.399 e. The zero-order chi connectivity index (χ0) is 14.5. The third-order valence-corrected chi connectivity index (χ3v) is 3.44.